The van der Waals surface area contributed by atoms with Crippen LogP contribution in [-0.4, -0.2) is 44.8 Å². The number of rotatable bonds is 3. The number of hydrogen-bond acceptors (Lipinski definition) is 5. The summed E-state index contributed by atoms with van der Waals surface area (Å²) in [6.07, 6.45) is 0. The van der Waals surface area contributed by atoms with E-state index in [1.807, 2.05) is 0 Å². The lowest BCUT2D eigenvalue weighted by atomic mass is 9.95. The van der Waals surface area contributed by atoms with Crippen molar-refractivity contribution in [3.8, 4) is 11.5 Å². The normalized spacial score (nSPS) is 20.5. The van der Waals surface area contributed by atoms with Crippen LogP contribution in [0.3, 0.4) is 0 Å². The van der Waals surface area contributed by atoms with Crippen LogP contribution in [-0.2, 0) is 9.53 Å². The first kappa shape index (κ1) is 14.2. The van der Waals surface area contributed by atoms with Crippen molar-refractivity contribution in [3.05, 3.63) is 35.0 Å². The zero-order chi connectivity index (χ0) is 15.9. The molecule has 2 heterocycles. The maximum atomic E-state index is 12.1. The quantitative estimate of drug-likeness (QED) is 0.849. The molecule has 1 aromatic carbocycles. The molecule has 0 bridgehead atoms. The van der Waals surface area contributed by atoms with Crippen LogP contribution in [0.2, 0.25) is 0 Å². The van der Waals surface area contributed by atoms with Crippen LogP contribution in [0, 0.1) is 0 Å². The number of ether oxygens (including phenoxy) is 3. The Morgan fingerprint density at radius 3 is 2.64 bits per heavy atom. The van der Waals surface area contributed by atoms with Crippen molar-refractivity contribution in [2.24, 2.45) is 0 Å². The Balaban J connectivity index is 2.07. The van der Waals surface area contributed by atoms with Crippen LogP contribution >= 0.6 is 0 Å². The maximum absolute atomic E-state index is 12.1. The Morgan fingerprint density at radius 2 is 1.95 bits per heavy atom. The van der Waals surface area contributed by atoms with Crippen molar-refractivity contribution in [2.45, 2.75) is 6.04 Å². The van der Waals surface area contributed by atoms with E-state index in [2.05, 4.69) is 5.32 Å². The van der Waals surface area contributed by atoms with Gasteiger partial charge >= 0.3 is 12.0 Å². The van der Waals surface area contributed by atoms with Crippen LogP contribution in [0.4, 0.5) is 4.79 Å². The van der Waals surface area contributed by atoms with Gasteiger partial charge in [-0.2, -0.15) is 0 Å². The first-order valence-corrected chi connectivity index (χ1v) is 6.73. The standard InChI is InChI=1S/C15H16N2O5/c1-17-9-7-22-14(18)12(9)13(16-15(17)19)8-4-5-10(20-2)11(6-8)21-3/h4-6,13H,7H2,1-3H3,(H,16,19). The molecule has 0 saturated heterocycles. The lowest BCUT2D eigenvalue weighted by molar-refractivity contribution is -0.136. The van der Waals surface area contributed by atoms with Crippen molar-refractivity contribution in [1.29, 1.82) is 0 Å². The third-order valence-corrected chi connectivity index (χ3v) is 3.88. The Bertz CT molecular complexity index is 683. The molecule has 2 aliphatic rings. The van der Waals surface area contributed by atoms with Gasteiger partial charge in [0.15, 0.2) is 11.5 Å². The highest BCUT2D eigenvalue weighted by Gasteiger charge is 2.40. The Kier molecular flexibility index (Phi) is 3.40. The second-order valence-corrected chi connectivity index (χ2v) is 4.99. The molecular formula is C15H16N2O5. The SMILES string of the molecule is COc1ccc(C2NC(=O)N(C)C3=C2C(=O)OC3)cc1OC. The number of methoxy groups -OCH3 is 2. The highest BCUT2D eigenvalue weighted by molar-refractivity contribution is 5.97. The van der Waals surface area contributed by atoms with Gasteiger partial charge in [-0.3, -0.25) is 4.90 Å². The lowest BCUT2D eigenvalue weighted by Crippen LogP contribution is -2.45. The van der Waals surface area contributed by atoms with E-state index in [1.165, 1.54) is 12.0 Å². The summed E-state index contributed by atoms with van der Waals surface area (Å²) in [5, 5.41) is 2.80. The number of carbonyl (C=O) groups is 2. The Hall–Kier alpha value is -2.70. The molecule has 22 heavy (non-hydrogen) atoms. The van der Waals surface area contributed by atoms with Gasteiger partial charge in [0.05, 0.1) is 31.5 Å². The number of nitrogens with one attached hydrogen (secondary N) is 1. The van der Waals surface area contributed by atoms with Gasteiger partial charge in [-0.05, 0) is 17.7 Å². The van der Waals surface area contributed by atoms with E-state index in [1.54, 1.807) is 32.4 Å². The van der Waals surface area contributed by atoms with Crippen molar-refractivity contribution in [2.75, 3.05) is 27.9 Å². The topological polar surface area (TPSA) is 77.1 Å². The van der Waals surface area contributed by atoms with Gasteiger partial charge in [0.25, 0.3) is 0 Å². The number of benzene rings is 1. The van der Waals surface area contributed by atoms with Crippen molar-refractivity contribution in [3.63, 3.8) is 0 Å². The third kappa shape index (κ3) is 2.05. The van der Waals surface area contributed by atoms with Gasteiger partial charge in [0.1, 0.15) is 6.61 Å². The fourth-order valence-electron chi connectivity index (χ4n) is 2.67. The minimum absolute atomic E-state index is 0.113. The van der Waals surface area contributed by atoms with E-state index in [4.69, 9.17) is 14.2 Å². The van der Waals surface area contributed by atoms with Gasteiger partial charge < -0.3 is 19.5 Å². The number of amides is 2. The van der Waals surface area contributed by atoms with Crippen molar-refractivity contribution in [1.82, 2.24) is 10.2 Å². The molecule has 0 saturated carbocycles. The van der Waals surface area contributed by atoms with Crippen molar-refractivity contribution >= 4 is 12.0 Å². The van der Waals surface area contributed by atoms with E-state index >= 15 is 0 Å². The number of urea groups is 1. The summed E-state index contributed by atoms with van der Waals surface area (Å²) in [6, 6.07) is 4.42. The molecule has 7 nitrogen and oxygen atoms in total. The molecule has 1 atom stereocenters. The van der Waals surface area contributed by atoms with E-state index in [-0.39, 0.29) is 12.6 Å². The lowest BCUT2D eigenvalue weighted by Gasteiger charge is -2.30. The Morgan fingerprint density at radius 1 is 1.23 bits per heavy atom. The summed E-state index contributed by atoms with van der Waals surface area (Å²) < 4.78 is 15.5. The first-order valence-electron chi connectivity index (χ1n) is 6.73. The first-order chi connectivity index (χ1) is 10.6. The molecule has 2 aliphatic heterocycles. The van der Waals surface area contributed by atoms with Crippen LogP contribution in [0.5, 0.6) is 11.5 Å². The van der Waals surface area contributed by atoms with E-state index < -0.39 is 12.0 Å². The molecule has 0 aromatic heterocycles. The van der Waals surface area contributed by atoms with Gasteiger partial charge in [-0.15, -0.1) is 0 Å². The third-order valence-electron chi connectivity index (χ3n) is 3.88. The number of esters is 1. The molecule has 1 aromatic rings. The largest absolute Gasteiger partial charge is 0.493 e. The molecule has 0 spiro atoms. The second kappa shape index (κ2) is 5.25. The predicted molar refractivity (Wildman–Crippen MR) is 76.6 cm³/mol. The number of nitrogens with zero attached hydrogens (tertiary/aromatic N) is 1. The minimum atomic E-state index is -0.562. The molecule has 1 unspecified atom stereocenters. The summed E-state index contributed by atoms with van der Waals surface area (Å²) in [7, 11) is 4.69. The molecule has 1 N–H and O–H groups in total. The van der Waals surface area contributed by atoms with E-state index in [0.29, 0.717) is 22.8 Å². The maximum Gasteiger partial charge on any atom is 0.338 e. The van der Waals surface area contributed by atoms with Crippen LogP contribution in [0.15, 0.2) is 29.5 Å². The molecule has 2 amide bonds. The minimum Gasteiger partial charge on any atom is -0.493 e. The molecule has 0 radical (unpaired) electrons. The molecule has 7 heteroatoms. The molecule has 3 rings (SSSR count). The van der Waals surface area contributed by atoms with E-state index in [0.717, 1.165) is 5.56 Å². The summed E-state index contributed by atoms with van der Waals surface area (Å²) in [4.78, 5) is 25.5. The fourth-order valence-corrected chi connectivity index (χ4v) is 2.67. The zero-order valence-electron chi connectivity index (χ0n) is 12.5. The number of cyclic esters (lactones) is 1. The molecule has 116 valence electrons. The van der Waals surface area contributed by atoms with Gasteiger partial charge in [-0.25, -0.2) is 9.59 Å². The average Bonchev–Trinajstić information content (AvgIpc) is 2.92. The highest BCUT2D eigenvalue weighted by atomic mass is 16.5. The smallest absolute Gasteiger partial charge is 0.338 e. The number of likely N-dealkylation sites (N-methyl/N-ethyl adjacent to an activating group) is 1. The van der Waals surface area contributed by atoms with Gasteiger partial charge in [0.2, 0.25) is 0 Å². The fraction of sp³-hybridized carbons (Fsp3) is 0.333. The van der Waals surface area contributed by atoms with Crippen LogP contribution in [0.25, 0.3) is 0 Å². The monoisotopic (exact) mass is 304 g/mol. The summed E-state index contributed by atoms with van der Waals surface area (Å²) in [6.45, 7) is 0.113. The molecule has 0 fully saturated rings. The van der Waals surface area contributed by atoms with Crippen LogP contribution in [0.1, 0.15) is 11.6 Å². The van der Waals surface area contributed by atoms with Crippen LogP contribution < -0.4 is 14.8 Å². The van der Waals surface area contributed by atoms with Crippen molar-refractivity contribution < 1.29 is 23.8 Å². The van der Waals surface area contributed by atoms with Gasteiger partial charge in [0, 0.05) is 7.05 Å². The van der Waals surface area contributed by atoms with E-state index in [9.17, 15) is 9.59 Å². The molecule has 0 aliphatic carbocycles. The predicted octanol–water partition coefficient (Wildman–Crippen LogP) is 1.21. The second-order valence-electron chi connectivity index (χ2n) is 4.99. The number of carbonyl (C=O) groups excluding carboxylic acids is 2. The average molecular weight is 304 g/mol. The van der Waals surface area contributed by atoms with Gasteiger partial charge in [-0.1, -0.05) is 6.07 Å². The summed E-state index contributed by atoms with van der Waals surface area (Å²) in [5.41, 5.74) is 1.77. The zero-order valence-corrected chi connectivity index (χ0v) is 12.5. The number of hydrogen-bond donors (Lipinski definition) is 1. The molecular weight excluding hydrogens is 288 g/mol. The Labute approximate surface area is 127 Å². The summed E-state index contributed by atoms with van der Waals surface area (Å²) >= 11 is 0. The summed E-state index contributed by atoms with van der Waals surface area (Å²) in [5.74, 6) is 0.692. The highest BCUT2D eigenvalue weighted by Crippen LogP contribution is 2.37.